The predicted octanol–water partition coefficient (Wildman–Crippen LogP) is -10.6. The maximum atomic E-state index is 12.5. The van der Waals surface area contributed by atoms with Crippen LogP contribution in [-0.4, -0.2) is 263 Å². The Morgan fingerprint density at radius 3 is 1.51 bits per heavy atom. The molecule has 5 saturated heterocycles. The third-order valence-corrected chi connectivity index (χ3v) is 11.1. The molecular weight excluding hydrogens is 836 g/mol. The molecule has 27 nitrogen and oxygen atoms in total. The summed E-state index contributed by atoms with van der Waals surface area (Å²) in [6.07, 6.45) is -40.3. The molecule has 0 aliphatic carbocycles. The van der Waals surface area contributed by atoms with Gasteiger partial charge in [0.25, 0.3) is 0 Å². The summed E-state index contributed by atoms with van der Waals surface area (Å²) in [5, 5.41) is 153. The zero-order valence-electron chi connectivity index (χ0n) is 33.0. The third-order valence-electron chi connectivity index (χ3n) is 11.1. The largest absolute Gasteiger partial charge is 0.394 e. The molecule has 5 fully saturated rings. The van der Waals surface area contributed by atoms with Crippen LogP contribution in [0.5, 0.6) is 0 Å². The monoisotopic (exact) mass is 894 g/mol. The minimum Gasteiger partial charge on any atom is -0.394 e. The molecule has 2 amide bonds. The molecule has 5 aliphatic rings. The van der Waals surface area contributed by atoms with Gasteiger partial charge in [0.05, 0.1) is 32.5 Å². The minimum absolute atomic E-state index is 0.681. The van der Waals surface area contributed by atoms with E-state index in [1.54, 1.807) is 0 Å². The number of hydrogen-bond acceptors (Lipinski definition) is 25. The quantitative estimate of drug-likeness (QED) is 0.0770. The highest BCUT2D eigenvalue weighted by Gasteiger charge is 2.56. The highest BCUT2D eigenvalue weighted by Crippen LogP contribution is 2.35. The van der Waals surface area contributed by atoms with Crippen LogP contribution in [0.4, 0.5) is 0 Å². The Kier molecular flexibility index (Phi) is 17.5. The van der Waals surface area contributed by atoms with Crippen LogP contribution in [0.2, 0.25) is 0 Å². The standard InChI is InChI=1S/C34H58N2O25/c1-8-17(42)22(47)24(49)32(54-8)53-7-14-28(20(45)15(30(52)55-14)35-9(2)40)59-31-16(36-10(3)41)21(46)27(13(6-39)58-31)60-34-26(51)29(19(44)12(5-38)57-34)61-33-25(50)23(48)18(43)11(4-37)56-33/h8,11-34,37-39,42-52H,4-7H2,1-3H3,(H,35,40)(H,36,41)/t8-,11+,12+,13+,14+,15+,16+,17+,18+,19+,20+,21+,22+,23-,24-,25-,26-,27+,28+,29-,30+,31-,32+,33-,34-/m0/s1. The average molecular weight is 895 g/mol. The van der Waals surface area contributed by atoms with Crippen LogP contribution in [0.15, 0.2) is 0 Å². The molecule has 16 N–H and O–H groups in total. The van der Waals surface area contributed by atoms with Crippen molar-refractivity contribution in [2.45, 2.75) is 174 Å². The average Bonchev–Trinajstić information content (AvgIpc) is 3.21. The lowest BCUT2D eigenvalue weighted by Gasteiger charge is -2.50. The fourth-order valence-corrected chi connectivity index (χ4v) is 7.68. The number of carbonyl (C=O) groups is 2. The summed E-state index contributed by atoms with van der Waals surface area (Å²) in [5.41, 5.74) is 0. The van der Waals surface area contributed by atoms with Crippen molar-refractivity contribution in [2.75, 3.05) is 26.4 Å². The van der Waals surface area contributed by atoms with Gasteiger partial charge in [0.15, 0.2) is 31.5 Å². The van der Waals surface area contributed by atoms with Crippen LogP contribution < -0.4 is 10.6 Å². The molecule has 5 rings (SSSR count). The first-order valence-corrected chi connectivity index (χ1v) is 19.4. The maximum absolute atomic E-state index is 12.5. The fraction of sp³-hybridized carbons (Fsp3) is 0.941. The Hall–Kier alpha value is -1.98. The second kappa shape index (κ2) is 21.3. The lowest BCUT2D eigenvalue weighted by Crippen LogP contribution is -2.70. The van der Waals surface area contributed by atoms with Crippen LogP contribution in [0.3, 0.4) is 0 Å². The summed E-state index contributed by atoms with van der Waals surface area (Å²) in [4.78, 5) is 24.5. The maximum Gasteiger partial charge on any atom is 0.217 e. The number of nitrogens with one attached hydrogen (secondary N) is 2. The van der Waals surface area contributed by atoms with E-state index in [4.69, 9.17) is 42.6 Å². The zero-order chi connectivity index (χ0) is 45.2. The van der Waals surface area contributed by atoms with Crippen LogP contribution in [0, 0.1) is 0 Å². The molecule has 0 aromatic carbocycles. The Bertz CT molecular complexity index is 1420. The molecule has 0 spiro atoms. The first kappa shape index (κ1) is 50.0. The molecule has 0 bridgehead atoms. The number of amides is 2. The van der Waals surface area contributed by atoms with E-state index >= 15 is 0 Å². The van der Waals surface area contributed by atoms with Crippen LogP contribution in [0.25, 0.3) is 0 Å². The van der Waals surface area contributed by atoms with E-state index in [0.717, 1.165) is 13.8 Å². The van der Waals surface area contributed by atoms with Crippen molar-refractivity contribution in [3.63, 3.8) is 0 Å². The van der Waals surface area contributed by atoms with E-state index < -0.39 is 192 Å². The van der Waals surface area contributed by atoms with E-state index in [2.05, 4.69) is 10.6 Å². The van der Waals surface area contributed by atoms with Gasteiger partial charge >= 0.3 is 0 Å². The van der Waals surface area contributed by atoms with Gasteiger partial charge in [0.2, 0.25) is 11.8 Å². The number of aliphatic hydroxyl groups is 14. The van der Waals surface area contributed by atoms with Gasteiger partial charge in [-0.1, -0.05) is 0 Å². The van der Waals surface area contributed by atoms with Gasteiger partial charge < -0.3 is 125 Å². The molecule has 0 unspecified atom stereocenters. The summed E-state index contributed by atoms with van der Waals surface area (Å²) in [6.45, 7) is 0.0652. The smallest absolute Gasteiger partial charge is 0.217 e. The van der Waals surface area contributed by atoms with E-state index in [-0.39, 0.29) is 0 Å². The molecule has 27 heteroatoms. The SMILES string of the molecule is CC(=O)N[C@@H]1[C@@H](O)[C@H](O[C@@H]2O[C@H](CO)[C@@H](O[C@@H]3O[C@H](CO)[C@@H](O)[C@H](O[C@@H]4O[C@H](CO)[C@@H](O)[C@H](O)[C@@H]4O)[C@@H]3O)[C@H](O)[C@H]2NC(C)=O)[C@@H](CO[C@@H]2O[C@@H](C)[C@@H](O)[C@@H](O)[C@@H]2O)O[C@H]1O. The molecule has 354 valence electrons. The van der Waals surface area contributed by atoms with Gasteiger partial charge in [0.1, 0.15) is 116 Å². The Balaban J connectivity index is 1.37. The summed E-state index contributed by atoms with van der Waals surface area (Å²) < 4.78 is 51.0. The van der Waals surface area contributed by atoms with Gasteiger partial charge in [-0.25, -0.2) is 0 Å². The Labute approximate surface area is 346 Å². The van der Waals surface area contributed by atoms with Gasteiger partial charge in [-0.2, -0.15) is 0 Å². The lowest BCUT2D eigenvalue weighted by molar-refractivity contribution is -0.380. The second-order valence-electron chi connectivity index (χ2n) is 15.4. The van der Waals surface area contributed by atoms with Crippen LogP contribution in [-0.2, 0) is 52.2 Å². The zero-order valence-corrected chi connectivity index (χ0v) is 33.0. The van der Waals surface area contributed by atoms with Crippen LogP contribution >= 0.6 is 0 Å². The lowest BCUT2D eigenvalue weighted by atomic mass is 9.94. The molecule has 25 atom stereocenters. The number of carbonyl (C=O) groups excluding carboxylic acids is 2. The van der Waals surface area contributed by atoms with Crippen molar-refractivity contribution in [3.05, 3.63) is 0 Å². The molecule has 0 aromatic rings. The number of aliphatic hydroxyl groups excluding tert-OH is 14. The summed E-state index contributed by atoms with van der Waals surface area (Å²) in [5.74, 6) is -1.51. The van der Waals surface area contributed by atoms with E-state index in [1.165, 1.54) is 6.92 Å². The van der Waals surface area contributed by atoms with Crippen molar-refractivity contribution >= 4 is 11.8 Å². The topological polar surface area (TPSA) is 424 Å². The van der Waals surface area contributed by atoms with Crippen molar-refractivity contribution in [2.24, 2.45) is 0 Å². The first-order valence-electron chi connectivity index (χ1n) is 19.4. The van der Waals surface area contributed by atoms with Crippen LogP contribution in [0.1, 0.15) is 20.8 Å². The summed E-state index contributed by atoms with van der Waals surface area (Å²) in [6, 6.07) is -3.25. The van der Waals surface area contributed by atoms with Gasteiger partial charge in [-0.05, 0) is 6.92 Å². The summed E-state index contributed by atoms with van der Waals surface area (Å²) >= 11 is 0. The number of ether oxygens (including phenoxy) is 9. The molecule has 0 aromatic heterocycles. The van der Waals surface area contributed by atoms with E-state index in [0.29, 0.717) is 0 Å². The minimum atomic E-state index is -2.09. The van der Waals surface area contributed by atoms with Crippen molar-refractivity contribution < 1.29 is 124 Å². The molecule has 0 radical (unpaired) electrons. The number of hydrogen-bond donors (Lipinski definition) is 16. The number of rotatable bonds is 14. The van der Waals surface area contributed by atoms with Gasteiger partial charge in [-0.3, -0.25) is 9.59 Å². The normalized spacial score (nSPS) is 49.6. The molecule has 5 aliphatic heterocycles. The third kappa shape index (κ3) is 10.9. The highest BCUT2D eigenvalue weighted by atomic mass is 16.8. The van der Waals surface area contributed by atoms with E-state index in [1.807, 2.05) is 0 Å². The van der Waals surface area contributed by atoms with Crippen molar-refractivity contribution in [1.29, 1.82) is 0 Å². The predicted molar refractivity (Wildman–Crippen MR) is 188 cm³/mol. The Morgan fingerprint density at radius 1 is 0.459 bits per heavy atom. The molecule has 61 heavy (non-hydrogen) atoms. The summed E-state index contributed by atoms with van der Waals surface area (Å²) in [7, 11) is 0. The molecule has 0 saturated carbocycles. The van der Waals surface area contributed by atoms with Gasteiger partial charge in [0, 0.05) is 13.8 Å². The molecular formula is C34H58N2O25. The van der Waals surface area contributed by atoms with Gasteiger partial charge in [-0.15, -0.1) is 0 Å². The molecule has 5 heterocycles. The van der Waals surface area contributed by atoms with Crippen molar-refractivity contribution in [3.8, 4) is 0 Å². The second-order valence-corrected chi connectivity index (χ2v) is 15.4. The highest BCUT2D eigenvalue weighted by molar-refractivity contribution is 5.73. The van der Waals surface area contributed by atoms with Crippen molar-refractivity contribution in [1.82, 2.24) is 10.6 Å². The van der Waals surface area contributed by atoms with E-state index in [9.17, 15) is 81.1 Å². The fourth-order valence-electron chi connectivity index (χ4n) is 7.68. The first-order chi connectivity index (χ1) is 28.7. The Morgan fingerprint density at radius 2 is 0.918 bits per heavy atom.